The van der Waals surface area contributed by atoms with E-state index in [1.165, 1.54) is 0 Å². The topological polar surface area (TPSA) is 50.9 Å². The van der Waals surface area contributed by atoms with E-state index in [9.17, 15) is 0 Å². The van der Waals surface area contributed by atoms with Crippen LogP contribution >= 0.6 is 15.9 Å². The summed E-state index contributed by atoms with van der Waals surface area (Å²) in [6.45, 7) is 0.865. The number of halogens is 1. The summed E-state index contributed by atoms with van der Waals surface area (Å²) in [5, 5.41) is 16.8. The Morgan fingerprint density at radius 2 is 2.25 bits per heavy atom. The third kappa shape index (κ3) is 2.68. The van der Waals surface area contributed by atoms with Crippen molar-refractivity contribution in [1.29, 1.82) is 0 Å². The Morgan fingerprint density at radius 1 is 1.38 bits per heavy atom. The molecule has 0 bridgehead atoms. The van der Waals surface area contributed by atoms with Crippen LogP contribution in [0.3, 0.4) is 0 Å². The molecule has 16 heavy (non-hydrogen) atoms. The van der Waals surface area contributed by atoms with Crippen molar-refractivity contribution in [1.82, 2.24) is 15.0 Å². The van der Waals surface area contributed by atoms with Crippen LogP contribution in [0.1, 0.15) is 6.42 Å². The van der Waals surface area contributed by atoms with Crippen molar-refractivity contribution in [2.45, 2.75) is 13.0 Å². The predicted octanol–water partition coefficient (Wildman–Crippen LogP) is 2.09. The molecular formula is C11H12BrN3O. The van der Waals surface area contributed by atoms with E-state index in [4.69, 9.17) is 5.11 Å². The van der Waals surface area contributed by atoms with Crippen LogP contribution in [0.25, 0.3) is 11.3 Å². The van der Waals surface area contributed by atoms with Gasteiger partial charge in [-0.1, -0.05) is 33.3 Å². The minimum absolute atomic E-state index is 0.173. The third-order valence-corrected chi connectivity index (χ3v) is 2.70. The summed E-state index contributed by atoms with van der Waals surface area (Å²) in [5.41, 5.74) is 1.88. The second-order valence-corrected chi connectivity index (χ2v) is 4.37. The van der Waals surface area contributed by atoms with E-state index in [0.29, 0.717) is 13.0 Å². The molecule has 0 spiro atoms. The first-order chi connectivity index (χ1) is 7.79. The van der Waals surface area contributed by atoms with E-state index in [2.05, 4.69) is 26.2 Å². The number of aliphatic hydroxyl groups excluding tert-OH is 1. The van der Waals surface area contributed by atoms with Gasteiger partial charge in [0.2, 0.25) is 0 Å². The summed E-state index contributed by atoms with van der Waals surface area (Å²) in [7, 11) is 0. The second-order valence-electron chi connectivity index (χ2n) is 3.45. The number of rotatable bonds is 4. The van der Waals surface area contributed by atoms with Gasteiger partial charge in [0.15, 0.2) is 0 Å². The number of nitrogens with zero attached hydrogens (tertiary/aromatic N) is 3. The van der Waals surface area contributed by atoms with Gasteiger partial charge >= 0.3 is 0 Å². The molecule has 2 aromatic rings. The molecule has 0 fully saturated rings. The van der Waals surface area contributed by atoms with E-state index < -0.39 is 0 Å². The second kappa shape index (κ2) is 5.23. The predicted molar refractivity (Wildman–Crippen MR) is 64.9 cm³/mol. The minimum atomic E-state index is 0.173. The first kappa shape index (κ1) is 11.3. The SMILES string of the molecule is OCCCn1cc(-c2cccc(Br)c2)nn1. The van der Waals surface area contributed by atoms with E-state index in [1.54, 1.807) is 4.68 Å². The van der Waals surface area contributed by atoms with Gasteiger partial charge < -0.3 is 5.11 Å². The van der Waals surface area contributed by atoms with Crippen LogP contribution in [-0.2, 0) is 6.54 Å². The van der Waals surface area contributed by atoms with E-state index in [0.717, 1.165) is 15.7 Å². The molecule has 1 heterocycles. The van der Waals surface area contributed by atoms with E-state index in [-0.39, 0.29) is 6.61 Å². The molecule has 5 heteroatoms. The average molecular weight is 282 g/mol. The van der Waals surface area contributed by atoms with E-state index in [1.807, 2.05) is 30.5 Å². The lowest BCUT2D eigenvalue weighted by Crippen LogP contribution is -2.00. The summed E-state index contributed by atoms with van der Waals surface area (Å²) in [5.74, 6) is 0. The maximum atomic E-state index is 8.72. The molecule has 0 aliphatic rings. The lowest BCUT2D eigenvalue weighted by atomic mass is 10.2. The maximum Gasteiger partial charge on any atom is 0.113 e. The highest BCUT2D eigenvalue weighted by Crippen LogP contribution is 2.20. The van der Waals surface area contributed by atoms with Crippen LogP contribution in [0.4, 0.5) is 0 Å². The first-order valence-corrected chi connectivity index (χ1v) is 5.86. The zero-order chi connectivity index (χ0) is 11.4. The van der Waals surface area contributed by atoms with Crippen LogP contribution in [0.2, 0.25) is 0 Å². The number of aryl methyl sites for hydroxylation is 1. The van der Waals surface area contributed by atoms with Gasteiger partial charge in [0, 0.05) is 23.2 Å². The summed E-state index contributed by atoms with van der Waals surface area (Å²) in [6, 6.07) is 7.93. The normalized spacial score (nSPS) is 10.6. The number of benzene rings is 1. The Morgan fingerprint density at radius 3 is 3.00 bits per heavy atom. The Balaban J connectivity index is 2.18. The molecule has 0 saturated carbocycles. The molecule has 0 atom stereocenters. The average Bonchev–Trinajstić information content (AvgIpc) is 2.75. The van der Waals surface area contributed by atoms with Crippen molar-refractivity contribution in [2.24, 2.45) is 0 Å². The molecule has 0 aliphatic heterocycles. The fraction of sp³-hybridized carbons (Fsp3) is 0.273. The summed E-state index contributed by atoms with van der Waals surface area (Å²) in [6.07, 6.45) is 2.58. The fourth-order valence-corrected chi connectivity index (χ4v) is 1.82. The van der Waals surface area contributed by atoms with Gasteiger partial charge in [-0.25, -0.2) is 0 Å². The van der Waals surface area contributed by atoms with Crippen LogP contribution in [0.15, 0.2) is 34.9 Å². The largest absolute Gasteiger partial charge is 0.396 e. The Labute approximate surface area is 102 Å². The molecular weight excluding hydrogens is 270 g/mol. The lowest BCUT2D eigenvalue weighted by Gasteiger charge is -1.97. The number of aliphatic hydroxyl groups is 1. The van der Waals surface area contributed by atoms with E-state index >= 15 is 0 Å². The van der Waals surface area contributed by atoms with Gasteiger partial charge in [0.05, 0.1) is 6.20 Å². The quantitative estimate of drug-likeness (QED) is 0.934. The molecule has 1 aromatic carbocycles. The highest BCUT2D eigenvalue weighted by Gasteiger charge is 2.03. The Bertz CT molecular complexity index is 470. The van der Waals surface area contributed by atoms with Crippen LogP contribution < -0.4 is 0 Å². The Kier molecular flexibility index (Phi) is 3.69. The van der Waals surface area contributed by atoms with Crippen LogP contribution in [-0.4, -0.2) is 26.7 Å². The number of aromatic nitrogens is 3. The van der Waals surface area contributed by atoms with Crippen LogP contribution in [0, 0.1) is 0 Å². The third-order valence-electron chi connectivity index (χ3n) is 2.20. The van der Waals surface area contributed by atoms with Crippen molar-refractivity contribution < 1.29 is 5.11 Å². The lowest BCUT2D eigenvalue weighted by molar-refractivity contribution is 0.276. The fourth-order valence-electron chi connectivity index (χ4n) is 1.42. The van der Waals surface area contributed by atoms with Gasteiger partial charge in [-0.15, -0.1) is 5.10 Å². The standard InChI is InChI=1S/C11H12BrN3O/c12-10-4-1-3-9(7-10)11-8-15(14-13-11)5-2-6-16/h1,3-4,7-8,16H,2,5-6H2. The summed E-state index contributed by atoms with van der Waals surface area (Å²) < 4.78 is 2.77. The molecule has 0 saturated heterocycles. The molecule has 0 unspecified atom stereocenters. The maximum absolute atomic E-state index is 8.72. The zero-order valence-corrected chi connectivity index (χ0v) is 10.3. The van der Waals surface area contributed by atoms with Gasteiger partial charge in [-0.05, 0) is 18.6 Å². The highest BCUT2D eigenvalue weighted by molar-refractivity contribution is 9.10. The molecule has 0 amide bonds. The molecule has 0 radical (unpaired) electrons. The van der Waals surface area contributed by atoms with Crippen LogP contribution in [0.5, 0.6) is 0 Å². The number of hydrogen-bond acceptors (Lipinski definition) is 3. The zero-order valence-electron chi connectivity index (χ0n) is 8.67. The van der Waals surface area contributed by atoms with Gasteiger partial charge in [0.1, 0.15) is 5.69 Å². The minimum Gasteiger partial charge on any atom is -0.396 e. The van der Waals surface area contributed by atoms with Crippen molar-refractivity contribution in [3.63, 3.8) is 0 Å². The molecule has 0 aliphatic carbocycles. The molecule has 4 nitrogen and oxygen atoms in total. The van der Waals surface area contributed by atoms with Gasteiger partial charge in [0.25, 0.3) is 0 Å². The summed E-state index contributed by atoms with van der Waals surface area (Å²) >= 11 is 3.42. The van der Waals surface area contributed by atoms with Crippen molar-refractivity contribution >= 4 is 15.9 Å². The summed E-state index contributed by atoms with van der Waals surface area (Å²) in [4.78, 5) is 0. The first-order valence-electron chi connectivity index (χ1n) is 5.06. The molecule has 1 N–H and O–H groups in total. The van der Waals surface area contributed by atoms with Gasteiger partial charge in [-0.2, -0.15) is 0 Å². The molecule has 1 aromatic heterocycles. The van der Waals surface area contributed by atoms with Gasteiger partial charge in [-0.3, -0.25) is 4.68 Å². The number of hydrogen-bond donors (Lipinski definition) is 1. The molecule has 84 valence electrons. The smallest absolute Gasteiger partial charge is 0.113 e. The molecule has 2 rings (SSSR count). The Hall–Kier alpha value is -1.20. The van der Waals surface area contributed by atoms with Crippen molar-refractivity contribution in [3.05, 3.63) is 34.9 Å². The van der Waals surface area contributed by atoms with Crippen molar-refractivity contribution in [2.75, 3.05) is 6.61 Å². The monoisotopic (exact) mass is 281 g/mol. The van der Waals surface area contributed by atoms with Crippen molar-refractivity contribution in [3.8, 4) is 11.3 Å². The highest BCUT2D eigenvalue weighted by atomic mass is 79.9.